The molecule has 0 saturated heterocycles. The number of nitrogens with one attached hydrogen (secondary N) is 1. The summed E-state index contributed by atoms with van der Waals surface area (Å²) in [6.45, 7) is 0.683. The van der Waals surface area contributed by atoms with E-state index in [1.54, 1.807) is 23.5 Å². The maximum atomic E-state index is 9.31. The molecular weight excluding hydrogens is 266 g/mol. The molecule has 104 valence electrons. The van der Waals surface area contributed by atoms with E-state index >= 15 is 0 Å². The van der Waals surface area contributed by atoms with Gasteiger partial charge in [0.2, 0.25) is 0 Å². The van der Waals surface area contributed by atoms with Gasteiger partial charge in [-0.25, -0.2) is 4.98 Å². The number of nitrogen functional groups attached to an aromatic ring is 1. The lowest BCUT2D eigenvalue weighted by Gasteiger charge is -2.30. The smallest absolute Gasteiger partial charge is 0.107 e. The van der Waals surface area contributed by atoms with Gasteiger partial charge >= 0.3 is 0 Å². The summed E-state index contributed by atoms with van der Waals surface area (Å²) >= 11 is 1.54. The molecule has 0 fully saturated rings. The number of anilines is 2. The number of aliphatic hydroxyl groups is 3. The molecule has 0 spiro atoms. The SMILES string of the molecule is Cc1nc2cc(NC(CO)(CO)CO)c(N)cc2s1. The fraction of sp³-hybridized carbons (Fsp3) is 0.417. The van der Waals surface area contributed by atoms with E-state index in [0.29, 0.717) is 11.4 Å². The van der Waals surface area contributed by atoms with Gasteiger partial charge in [0.1, 0.15) is 5.54 Å². The predicted octanol–water partition coefficient (Wildman–Crippen LogP) is 0.315. The van der Waals surface area contributed by atoms with Crippen molar-refractivity contribution in [1.29, 1.82) is 0 Å². The van der Waals surface area contributed by atoms with Crippen LogP contribution in [0.5, 0.6) is 0 Å². The minimum absolute atomic E-state index is 0.409. The molecule has 2 rings (SSSR count). The summed E-state index contributed by atoms with van der Waals surface area (Å²) in [6.07, 6.45) is 0. The lowest BCUT2D eigenvalue weighted by Crippen LogP contribution is -2.49. The number of aromatic nitrogens is 1. The van der Waals surface area contributed by atoms with Crippen LogP contribution in [0.2, 0.25) is 0 Å². The van der Waals surface area contributed by atoms with Crippen molar-refractivity contribution in [3.8, 4) is 0 Å². The Morgan fingerprint density at radius 1 is 1.26 bits per heavy atom. The number of nitrogens with two attached hydrogens (primary N) is 1. The first kappa shape index (κ1) is 14.0. The highest BCUT2D eigenvalue weighted by Gasteiger charge is 2.28. The van der Waals surface area contributed by atoms with Crippen molar-refractivity contribution in [3.05, 3.63) is 17.1 Å². The summed E-state index contributed by atoms with van der Waals surface area (Å²) in [5, 5.41) is 31.8. The van der Waals surface area contributed by atoms with Crippen LogP contribution in [-0.2, 0) is 0 Å². The van der Waals surface area contributed by atoms with E-state index in [0.717, 1.165) is 15.2 Å². The molecule has 6 nitrogen and oxygen atoms in total. The fourth-order valence-electron chi connectivity index (χ4n) is 1.77. The van der Waals surface area contributed by atoms with Gasteiger partial charge in [-0.15, -0.1) is 11.3 Å². The second-order valence-electron chi connectivity index (χ2n) is 4.52. The van der Waals surface area contributed by atoms with E-state index in [2.05, 4.69) is 10.3 Å². The Morgan fingerprint density at radius 2 is 1.89 bits per heavy atom. The molecule has 0 radical (unpaired) electrons. The monoisotopic (exact) mass is 283 g/mol. The normalized spacial score (nSPS) is 12.0. The molecule has 7 heteroatoms. The quantitative estimate of drug-likeness (QED) is 0.505. The summed E-state index contributed by atoms with van der Waals surface area (Å²) in [4.78, 5) is 4.36. The van der Waals surface area contributed by atoms with Crippen molar-refractivity contribution in [3.63, 3.8) is 0 Å². The zero-order valence-corrected chi connectivity index (χ0v) is 11.4. The Balaban J connectivity index is 2.41. The summed E-state index contributed by atoms with van der Waals surface area (Å²) in [7, 11) is 0. The van der Waals surface area contributed by atoms with Gasteiger partial charge in [0.25, 0.3) is 0 Å². The molecule has 0 saturated carbocycles. The highest BCUT2D eigenvalue weighted by molar-refractivity contribution is 7.18. The molecular formula is C12H17N3O3S. The van der Waals surface area contributed by atoms with Crippen LogP contribution in [-0.4, -0.2) is 45.7 Å². The highest BCUT2D eigenvalue weighted by Crippen LogP contribution is 2.31. The number of hydrogen-bond donors (Lipinski definition) is 5. The first-order valence-corrected chi connectivity index (χ1v) is 6.62. The van der Waals surface area contributed by atoms with Gasteiger partial charge in [0.05, 0.1) is 46.4 Å². The third-order valence-electron chi connectivity index (χ3n) is 2.97. The van der Waals surface area contributed by atoms with Crippen LogP contribution in [0, 0.1) is 6.92 Å². The van der Waals surface area contributed by atoms with Crippen molar-refractivity contribution in [2.45, 2.75) is 12.5 Å². The molecule has 1 heterocycles. The Kier molecular flexibility index (Phi) is 3.91. The van der Waals surface area contributed by atoms with Crippen molar-refractivity contribution < 1.29 is 15.3 Å². The van der Waals surface area contributed by atoms with E-state index in [1.165, 1.54) is 0 Å². The Bertz CT molecular complexity index is 573. The second-order valence-corrected chi connectivity index (χ2v) is 5.75. The minimum Gasteiger partial charge on any atom is -0.397 e. The van der Waals surface area contributed by atoms with E-state index in [9.17, 15) is 15.3 Å². The topological polar surface area (TPSA) is 112 Å². The van der Waals surface area contributed by atoms with E-state index in [-0.39, 0.29) is 0 Å². The number of hydrogen-bond acceptors (Lipinski definition) is 7. The second kappa shape index (κ2) is 5.30. The van der Waals surface area contributed by atoms with E-state index in [1.807, 2.05) is 6.92 Å². The first-order chi connectivity index (χ1) is 9.03. The molecule has 0 atom stereocenters. The Hall–Kier alpha value is -1.41. The molecule has 0 unspecified atom stereocenters. The summed E-state index contributed by atoms with van der Waals surface area (Å²) in [5.74, 6) is 0. The van der Waals surface area contributed by atoms with Crippen molar-refractivity contribution in [1.82, 2.24) is 4.98 Å². The van der Waals surface area contributed by atoms with Crippen molar-refractivity contribution >= 4 is 32.9 Å². The molecule has 2 aromatic rings. The van der Waals surface area contributed by atoms with Crippen molar-refractivity contribution in [2.75, 3.05) is 30.9 Å². The van der Waals surface area contributed by atoms with Crippen LogP contribution in [0.4, 0.5) is 11.4 Å². The van der Waals surface area contributed by atoms with Crippen LogP contribution in [0.25, 0.3) is 10.2 Å². The van der Waals surface area contributed by atoms with Crippen LogP contribution in [0.3, 0.4) is 0 Å². The van der Waals surface area contributed by atoms with Gasteiger partial charge in [-0.3, -0.25) is 0 Å². The van der Waals surface area contributed by atoms with Gasteiger partial charge in [-0.05, 0) is 19.1 Å². The average molecular weight is 283 g/mol. The van der Waals surface area contributed by atoms with Gasteiger partial charge in [0.15, 0.2) is 0 Å². The number of aliphatic hydroxyl groups excluding tert-OH is 3. The zero-order valence-electron chi connectivity index (χ0n) is 10.6. The lowest BCUT2D eigenvalue weighted by molar-refractivity contribution is 0.0834. The van der Waals surface area contributed by atoms with Crippen LogP contribution in [0.15, 0.2) is 12.1 Å². The average Bonchev–Trinajstić information content (AvgIpc) is 2.75. The summed E-state index contributed by atoms with van der Waals surface area (Å²) in [6, 6.07) is 3.54. The third-order valence-corrected chi connectivity index (χ3v) is 3.91. The van der Waals surface area contributed by atoms with Gasteiger partial charge in [0, 0.05) is 0 Å². The number of nitrogens with zero attached hydrogens (tertiary/aromatic N) is 1. The lowest BCUT2D eigenvalue weighted by atomic mass is 10.0. The molecule has 0 bridgehead atoms. The van der Waals surface area contributed by atoms with Gasteiger partial charge in [-0.2, -0.15) is 0 Å². The fourth-order valence-corrected chi connectivity index (χ4v) is 2.62. The molecule has 0 aliphatic heterocycles. The molecule has 1 aromatic heterocycles. The van der Waals surface area contributed by atoms with Gasteiger partial charge in [-0.1, -0.05) is 0 Å². The van der Waals surface area contributed by atoms with Crippen LogP contribution < -0.4 is 11.1 Å². The van der Waals surface area contributed by atoms with Gasteiger partial charge < -0.3 is 26.4 Å². The number of rotatable bonds is 5. The predicted molar refractivity (Wildman–Crippen MR) is 76.4 cm³/mol. The minimum atomic E-state index is -1.20. The molecule has 0 aliphatic carbocycles. The summed E-state index contributed by atoms with van der Waals surface area (Å²) in [5.41, 5.74) is 6.55. The molecule has 0 amide bonds. The number of fused-ring (bicyclic) bond motifs is 1. The standard InChI is InChI=1S/C12H17N3O3S/c1-7-14-10-3-9(8(13)2-11(10)19-7)15-12(4-16,5-17)6-18/h2-3,15-18H,4-6,13H2,1H3. The number of thiazole rings is 1. The summed E-state index contributed by atoms with van der Waals surface area (Å²) < 4.78 is 0.975. The third kappa shape index (κ3) is 2.64. The number of aryl methyl sites for hydroxylation is 1. The van der Waals surface area contributed by atoms with Crippen LogP contribution in [0.1, 0.15) is 5.01 Å². The highest BCUT2D eigenvalue weighted by atomic mass is 32.1. The van der Waals surface area contributed by atoms with E-state index in [4.69, 9.17) is 5.73 Å². The molecule has 1 aromatic carbocycles. The first-order valence-electron chi connectivity index (χ1n) is 5.81. The Labute approximate surface area is 114 Å². The van der Waals surface area contributed by atoms with E-state index < -0.39 is 25.4 Å². The molecule has 19 heavy (non-hydrogen) atoms. The maximum absolute atomic E-state index is 9.31. The maximum Gasteiger partial charge on any atom is 0.107 e. The molecule has 6 N–H and O–H groups in total. The Morgan fingerprint density at radius 3 is 2.47 bits per heavy atom. The van der Waals surface area contributed by atoms with Crippen LogP contribution >= 0.6 is 11.3 Å². The zero-order chi connectivity index (χ0) is 14.0. The molecule has 0 aliphatic rings. The number of benzene rings is 1. The van der Waals surface area contributed by atoms with Crippen molar-refractivity contribution in [2.24, 2.45) is 0 Å². The largest absolute Gasteiger partial charge is 0.397 e.